The molecule has 26 heavy (non-hydrogen) atoms. The Hall–Kier alpha value is -1.17. The Bertz CT molecular complexity index is 473. The molecule has 0 radical (unpaired) electrons. The molecule has 2 saturated heterocycles. The molecule has 2 fully saturated rings. The SMILES string of the molecule is CCCCC[C@H](O)C=CC1C[C@@H]2OC[C@@H](O2)[C@@H]1CC=CCCCC(=O)O. The first kappa shape index (κ1) is 21.1. The Morgan fingerprint density at radius 3 is 2.88 bits per heavy atom. The average Bonchev–Trinajstić information content (AvgIpc) is 3.00. The van der Waals surface area contributed by atoms with Gasteiger partial charge in [0, 0.05) is 12.8 Å². The number of carboxylic acid groups (broad SMARTS) is 1. The number of ether oxygens (including phenoxy) is 2. The molecule has 2 aliphatic heterocycles. The molecule has 0 amide bonds. The monoisotopic (exact) mass is 366 g/mol. The van der Waals surface area contributed by atoms with E-state index in [1.165, 1.54) is 0 Å². The van der Waals surface area contributed by atoms with Crippen molar-refractivity contribution in [2.24, 2.45) is 11.8 Å². The normalized spacial score (nSPS) is 29.6. The lowest BCUT2D eigenvalue weighted by Crippen LogP contribution is -2.35. The molecule has 5 heteroatoms. The van der Waals surface area contributed by atoms with Crippen LogP contribution in [-0.2, 0) is 14.3 Å². The molecule has 0 aromatic heterocycles. The van der Waals surface area contributed by atoms with Gasteiger partial charge in [0.25, 0.3) is 0 Å². The number of aliphatic hydroxyl groups excluding tert-OH is 1. The third-order valence-electron chi connectivity index (χ3n) is 5.29. The van der Waals surface area contributed by atoms with Gasteiger partial charge < -0.3 is 19.7 Å². The van der Waals surface area contributed by atoms with Crippen LogP contribution in [0.4, 0.5) is 0 Å². The molecule has 2 rings (SSSR count). The van der Waals surface area contributed by atoms with Crippen LogP contribution in [0.15, 0.2) is 24.3 Å². The van der Waals surface area contributed by atoms with Crippen LogP contribution in [0.1, 0.15) is 64.7 Å². The van der Waals surface area contributed by atoms with Crippen LogP contribution < -0.4 is 0 Å². The molecule has 1 unspecified atom stereocenters. The van der Waals surface area contributed by atoms with E-state index in [2.05, 4.69) is 25.2 Å². The van der Waals surface area contributed by atoms with E-state index in [-0.39, 0.29) is 24.9 Å². The summed E-state index contributed by atoms with van der Waals surface area (Å²) in [6.07, 6.45) is 15.6. The fourth-order valence-corrected chi connectivity index (χ4v) is 3.76. The van der Waals surface area contributed by atoms with Crippen molar-refractivity contribution in [2.45, 2.75) is 83.2 Å². The van der Waals surface area contributed by atoms with E-state index < -0.39 is 5.97 Å². The average molecular weight is 366 g/mol. The van der Waals surface area contributed by atoms with Crippen molar-refractivity contribution in [3.63, 3.8) is 0 Å². The van der Waals surface area contributed by atoms with Crippen LogP contribution >= 0.6 is 0 Å². The Labute approximate surface area is 157 Å². The molecule has 2 aliphatic rings. The van der Waals surface area contributed by atoms with E-state index >= 15 is 0 Å². The first-order valence-electron chi connectivity index (χ1n) is 10.1. The van der Waals surface area contributed by atoms with Gasteiger partial charge in [-0.25, -0.2) is 0 Å². The van der Waals surface area contributed by atoms with E-state index in [1.807, 2.05) is 6.08 Å². The maximum absolute atomic E-state index is 10.5. The van der Waals surface area contributed by atoms with E-state index in [0.29, 0.717) is 24.9 Å². The van der Waals surface area contributed by atoms with Gasteiger partial charge in [-0.2, -0.15) is 0 Å². The Morgan fingerprint density at radius 2 is 2.12 bits per heavy atom. The number of unbranched alkanes of at least 4 members (excludes halogenated alkanes) is 3. The molecule has 2 N–H and O–H groups in total. The summed E-state index contributed by atoms with van der Waals surface area (Å²) in [5, 5.41) is 18.8. The van der Waals surface area contributed by atoms with Crippen LogP contribution in [0, 0.1) is 11.8 Å². The Morgan fingerprint density at radius 1 is 1.27 bits per heavy atom. The van der Waals surface area contributed by atoms with Crippen molar-refractivity contribution in [1.29, 1.82) is 0 Å². The van der Waals surface area contributed by atoms with Gasteiger partial charge in [0.1, 0.15) is 0 Å². The van der Waals surface area contributed by atoms with Gasteiger partial charge in [-0.05, 0) is 37.5 Å². The van der Waals surface area contributed by atoms with E-state index in [9.17, 15) is 9.90 Å². The zero-order valence-corrected chi connectivity index (χ0v) is 15.9. The summed E-state index contributed by atoms with van der Waals surface area (Å²) in [5.41, 5.74) is 0. The summed E-state index contributed by atoms with van der Waals surface area (Å²) in [7, 11) is 0. The Kier molecular flexibility index (Phi) is 9.37. The minimum absolute atomic E-state index is 0.109. The van der Waals surface area contributed by atoms with Crippen LogP contribution in [-0.4, -0.2) is 41.3 Å². The molecule has 0 aliphatic carbocycles. The number of allylic oxidation sites excluding steroid dienone is 3. The standard InChI is InChI=1S/C21H34O5/c1-2-3-6-9-17(22)13-12-16-14-21-25-15-19(26-21)18(16)10-7-4-5-8-11-20(23)24/h4,7,12-13,16-19,21-22H,2-3,5-6,8-11,14-15H2,1H3,(H,23,24)/t16?,17-,18+,19+,21+/m0/s1. The fraction of sp³-hybridized carbons (Fsp3) is 0.762. The van der Waals surface area contributed by atoms with Crippen molar-refractivity contribution in [3.8, 4) is 0 Å². The summed E-state index contributed by atoms with van der Waals surface area (Å²) in [6.45, 7) is 2.81. The third kappa shape index (κ3) is 7.22. The molecule has 2 bridgehead atoms. The van der Waals surface area contributed by atoms with Crippen LogP contribution in [0.25, 0.3) is 0 Å². The van der Waals surface area contributed by atoms with E-state index in [1.54, 1.807) is 0 Å². The van der Waals surface area contributed by atoms with Crippen LogP contribution in [0.2, 0.25) is 0 Å². The van der Waals surface area contributed by atoms with Gasteiger partial charge in [0.15, 0.2) is 6.29 Å². The maximum atomic E-state index is 10.5. The van der Waals surface area contributed by atoms with Gasteiger partial charge in [0.05, 0.1) is 18.8 Å². The molecule has 0 aromatic rings. The number of hydrogen-bond donors (Lipinski definition) is 2. The molecule has 148 valence electrons. The summed E-state index contributed by atoms with van der Waals surface area (Å²) in [4.78, 5) is 10.5. The topological polar surface area (TPSA) is 76.0 Å². The number of hydrogen-bond acceptors (Lipinski definition) is 4. The fourth-order valence-electron chi connectivity index (χ4n) is 3.76. The maximum Gasteiger partial charge on any atom is 0.303 e. The highest BCUT2D eigenvalue weighted by Crippen LogP contribution is 2.39. The lowest BCUT2D eigenvalue weighted by atomic mass is 9.81. The van der Waals surface area contributed by atoms with Crippen LogP contribution in [0.5, 0.6) is 0 Å². The highest BCUT2D eigenvalue weighted by atomic mass is 16.7. The highest BCUT2D eigenvalue weighted by Gasteiger charge is 2.42. The second kappa shape index (κ2) is 11.5. The van der Waals surface area contributed by atoms with E-state index in [4.69, 9.17) is 14.6 Å². The molecular formula is C21H34O5. The predicted octanol–water partition coefficient (Wildman–Crippen LogP) is 4.06. The van der Waals surface area contributed by atoms with E-state index in [0.717, 1.165) is 44.9 Å². The van der Waals surface area contributed by atoms with Crippen molar-refractivity contribution in [2.75, 3.05) is 6.61 Å². The molecule has 5 atom stereocenters. The number of carbonyl (C=O) groups is 1. The molecular weight excluding hydrogens is 332 g/mol. The summed E-state index contributed by atoms with van der Waals surface area (Å²) in [6, 6.07) is 0. The number of fused-ring (bicyclic) bond motifs is 2. The zero-order valence-electron chi connectivity index (χ0n) is 15.9. The largest absolute Gasteiger partial charge is 0.481 e. The Balaban J connectivity index is 1.82. The molecule has 0 aromatic carbocycles. The van der Waals surface area contributed by atoms with Crippen molar-refractivity contribution in [1.82, 2.24) is 0 Å². The summed E-state index contributed by atoms with van der Waals surface area (Å²) in [5.74, 6) is -0.0368. The zero-order chi connectivity index (χ0) is 18.8. The first-order chi connectivity index (χ1) is 12.6. The number of aliphatic hydroxyl groups is 1. The minimum atomic E-state index is -0.740. The van der Waals surface area contributed by atoms with Crippen molar-refractivity contribution < 1.29 is 24.5 Å². The van der Waals surface area contributed by atoms with Crippen molar-refractivity contribution >= 4 is 5.97 Å². The number of carboxylic acids is 1. The lowest BCUT2D eigenvalue weighted by Gasteiger charge is -2.33. The highest BCUT2D eigenvalue weighted by molar-refractivity contribution is 5.66. The number of rotatable bonds is 12. The minimum Gasteiger partial charge on any atom is -0.481 e. The van der Waals surface area contributed by atoms with Crippen molar-refractivity contribution in [3.05, 3.63) is 24.3 Å². The molecule has 0 spiro atoms. The summed E-state index contributed by atoms with van der Waals surface area (Å²) < 4.78 is 11.6. The van der Waals surface area contributed by atoms with Gasteiger partial charge in [0.2, 0.25) is 0 Å². The first-order valence-corrected chi connectivity index (χ1v) is 10.1. The van der Waals surface area contributed by atoms with Gasteiger partial charge in [-0.3, -0.25) is 4.79 Å². The second-order valence-electron chi connectivity index (χ2n) is 7.44. The smallest absolute Gasteiger partial charge is 0.303 e. The van der Waals surface area contributed by atoms with Crippen LogP contribution in [0.3, 0.4) is 0 Å². The molecule has 5 nitrogen and oxygen atoms in total. The van der Waals surface area contributed by atoms with Gasteiger partial charge >= 0.3 is 5.97 Å². The van der Waals surface area contributed by atoms with Gasteiger partial charge in [-0.15, -0.1) is 0 Å². The number of aliphatic carboxylic acids is 1. The lowest BCUT2D eigenvalue weighted by molar-refractivity contribution is -0.137. The van der Waals surface area contributed by atoms with Gasteiger partial charge in [-0.1, -0.05) is 50.5 Å². The third-order valence-corrected chi connectivity index (χ3v) is 5.29. The molecule has 0 saturated carbocycles. The molecule has 2 heterocycles. The summed E-state index contributed by atoms with van der Waals surface area (Å²) >= 11 is 0. The second-order valence-corrected chi connectivity index (χ2v) is 7.44. The quantitative estimate of drug-likeness (QED) is 0.402. The predicted molar refractivity (Wildman–Crippen MR) is 101 cm³/mol.